The summed E-state index contributed by atoms with van der Waals surface area (Å²) in [5.41, 5.74) is 1.66. The molecule has 1 aliphatic rings. The second-order valence-electron chi connectivity index (χ2n) is 5.38. The molecule has 118 valence electrons. The Balaban J connectivity index is 1.97. The van der Waals surface area contributed by atoms with Crippen LogP contribution >= 0.6 is 0 Å². The molecule has 1 fully saturated rings. The van der Waals surface area contributed by atoms with E-state index in [4.69, 9.17) is 9.84 Å². The van der Waals surface area contributed by atoms with E-state index in [1.54, 1.807) is 24.3 Å². The van der Waals surface area contributed by atoms with Crippen LogP contribution in [0.15, 0.2) is 24.3 Å². The third-order valence-electron chi connectivity index (χ3n) is 3.39. The van der Waals surface area contributed by atoms with Gasteiger partial charge in [-0.05, 0) is 25.0 Å². The fourth-order valence-corrected chi connectivity index (χ4v) is 3.70. The normalized spacial score (nSPS) is 24.1. The maximum Gasteiger partial charge on any atom is 0.279 e. The number of hydrogen-bond donors (Lipinski definition) is 2. The standard InChI is InChI=1S/C14H22N2O4S/c1-11-8-16(9-12(2)20-11)21(18,19)15-7-13-3-5-14(10-17)6-4-13/h3-6,11-12,15,17H,7-10H2,1-2H3. The van der Waals surface area contributed by atoms with Crippen LogP contribution in [0.4, 0.5) is 0 Å². The van der Waals surface area contributed by atoms with Crippen molar-refractivity contribution in [3.63, 3.8) is 0 Å². The largest absolute Gasteiger partial charge is 0.392 e. The molecular weight excluding hydrogens is 292 g/mol. The highest BCUT2D eigenvalue weighted by atomic mass is 32.2. The lowest BCUT2D eigenvalue weighted by Crippen LogP contribution is -2.51. The van der Waals surface area contributed by atoms with E-state index in [0.717, 1.165) is 11.1 Å². The third-order valence-corrected chi connectivity index (χ3v) is 4.88. The lowest BCUT2D eigenvalue weighted by Gasteiger charge is -2.34. The molecule has 2 rings (SSSR count). The van der Waals surface area contributed by atoms with Crippen molar-refractivity contribution in [2.24, 2.45) is 0 Å². The van der Waals surface area contributed by atoms with Crippen LogP contribution in [0.2, 0.25) is 0 Å². The first-order valence-electron chi connectivity index (χ1n) is 6.99. The molecule has 1 heterocycles. The van der Waals surface area contributed by atoms with Crippen molar-refractivity contribution in [3.8, 4) is 0 Å². The Hall–Kier alpha value is -0.990. The monoisotopic (exact) mass is 314 g/mol. The molecule has 0 amide bonds. The van der Waals surface area contributed by atoms with Gasteiger partial charge in [0.15, 0.2) is 0 Å². The Labute approximate surface area is 125 Å². The van der Waals surface area contributed by atoms with Crippen molar-refractivity contribution in [2.45, 2.75) is 39.2 Å². The molecule has 0 spiro atoms. The Bertz CT molecular complexity index is 549. The van der Waals surface area contributed by atoms with Gasteiger partial charge in [-0.1, -0.05) is 24.3 Å². The van der Waals surface area contributed by atoms with Gasteiger partial charge in [0.2, 0.25) is 0 Å². The molecule has 1 saturated heterocycles. The summed E-state index contributed by atoms with van der Waals surface area (Å²) in [5, 5.41) is 8.98. The SMILES string of the molecule is CC1CN(S(=O)(=O)NCc2ccc(CO)cc2)CC(C)O1. The number of nitrogens with zero attached hydrogens (tertiary/aromatic N) is 1. The summed E-state index contributed by atoms with van der Waals surface area (Å²) < 4.78 is 34.2. The molecular formula is C14H22N2O4S. The highest BCUT2D eigenvalue weighted by molar-refractivity contribution is 7.87. The number of ether oxygens (including phenoxy) is 1. The second-order valence-corrected chi connectivity index (χ2v) is 7.13. The van der Waals surface area contributed by atoms with E-state index >= 15 is 0 Å². The number of aliphatic hydroxyl groups is 1. The highest BCUT2D eigenvalue weighted by Gasteiger charge is 2.30. The van der Waals surface area contributed by atoms with Crippen LogP contribution in [0.1, 0.15) is 25.0 Å². The Kier molecular flexibility index (Phi) is 5.34. The third kappa shape index (κ3) is 4.49. The van der Waals surface area contributed by atoms with Crippen molar-refractivity contribution in [1.29, 1.82) is 0 Å². The van der Waals surface area contributed by atoms with E-state index < -0.39 is 10.2 Å². The maximum atomic E-state index is 12.3. The fourth-order valence-electron chi connectivity index (χ4n) is 2.36. The molecule has 2 N–H and O–H groups in total. The van der Waals surface area contributed by atoms with Crippen LogP contribution in [0.5, 0.6) is 0 Å². The van der Waals surface area contributed by atoms with E-state index in [0.29, 0.717) is 13.1 Å². The van der Waals surface area contributed by atoms with E-state index in [1.807, 2.05) is 13.8 Å². The van der Waals surface area contributed by atoms with E-state index in [1.165, 1.54) is 4.31 Å². The molecule has 0 radical (unpaired) electrons. The van der Waals surface area contributed by atoms with Gasteiger partial charge in [-0.3, -0.25) is 0 Å². The Morgan fingerprint density at radius 1 is 1.19 bits per heavy atom. The smallest absolute Gasteiger partial charge is 0.279 e. The summed E-state index contributed by atoms with van der Waals surface area (Å²) in [6.45, 7) is 4.67. The second kappa shape index (κ2) is 6.85. The molecule has 0 bridgehead atoms. The quantitative estimate of drug-likeness (QED) is 0.835. The average molecular weight is 314 g/mol. The van der Waals surface area contributed by atoms with Crippen molar-refractivity contribution < 1.29 is 18.3 Å². The molecule has 1 aromatic rings. The predicted octanol–water partition coefficient (Wildman–Crippen LogP) is 0.623. The van der Waals surface area contributed by atoms with Crippen LogP contribution in [0.25, 0.3) is 0 Å². The molecule has 7 heteroatoms. The molecule has 2 atom stereocenters. The summed E-state index contributed by atoms with van der Waals surface area (Å²) >= 11 is 0. The molecule has 1 aliphatic heterocycles. The molecule has 2 unspecified atom stereocenters. The summed E-state index contributed by atoms with van der Waals surface area (Å²) in [6, 6.07) is 7.17. The molecule has 0 saturated carbocycles. The number of rotatable bonds is 5. The molecule has 21 heavy (non-hydrogen) atoms. The minimum Gasteiger partial charge on any atom is -0.392 e. The number of benzene rings is 1. The van der Waals surface area contributed by atoms with E-state index in [9.17, 15) is 8.42 Å². The van der Waals surface area contributed by atoms with Crippen LogP contribution in [0.3, 0.4) is 0 Å². The van der Waals surface area contributed by atoms with Crippen LogP contribution in [-0.4, -0.2) is 43.1 Å². The van der Waals surface area contributed by atoms with Gasteiger partial charge in [0.1, 0.15) is 0 Å². The van der Waals surface area contributed by atoms with Crippen molar-refractivity contribution in [1.82, 2.24) is 9.03 Å². The van der Waals surface area contributed by atoms with Gasteiger partial charge in [0.25, 0.3) is 10.2 Å². The van der Waals surface area contributed by atoms with Gasteiger partial charge in [-0.15, -0.1) is 0 Å². The molecule has 0 aromatic heterocycles. The zero-order chi connectivity index (χ0) is 15.5. The number of morpholine rings is 1. The minimum atomic E-state index is -3.51. The fraction of sp³-hybridized carbons (Fsp3) is 0.571. The Morgan fingerprint density at radius 3 is 2.24 bits per heavy atom. The maximum absolute atomic E-state index is 12.3. The highest BCUT2D eigenvalue weighted by Crippen LogP contribution is 2.14. The van der Waals surface area contributed by atoms with Crippen molar-refractivity contribution >= 4 is 10.2 Å². The summed E-state index contributed by atoms with van der Waals surface area (Å²) in [7, 11) is -3.51. The van der Waals surface area contributed by atoms with Crippen LogP contribution < -0.4 is 4.72 Å². The first kappa shape index (κ1) is 16.4. The van der Waals surface area contributed by atoms with Crippen LogP contribution in [-0.2, 0) is 28.1 Å². The topological polar surface area (TPSA) is 78.9 Å². The first-order valence-corrected chi connectivity index (χ1v) is 8.43. The van der Waals surface area contributed by atoms with Crippen molar-refractivity contribution in [3.05, 3.63) is 35.4 Å². The van der Waals surface area contributed by atoms with Crippen molar-refractivity contribution in [2.75, 3.05) is 13.1 Å². The van der Waals surface area contributed by atoms with E-state index in [2.05, 4.69) is 4.72 Å². The van der Waals surface area contributed by atoms with Gasteiger partial charge in [0, 0.05) is 19.6 Å². The zero-order valence-electron chi connectivity index (χ0n) is 12.3. The Morgan fingerprint density at radius 2 is 1.71 bits per heavy atom. The minimum absolute atomic E-state index is 0.0183. The predicted molar refractivity (Wildman–Crippen MR) is 79.7 cm³/mol. The molecule has 6 nitrogen and oxygen atoms in total. The van der Waals surface area contributed by atoms with Gasteiger partial charge in [-0.2, -0.15) is 17.4 Å². The summed E-state index contributed by atoms with van der Waals surface area (Å²) in [5.74, 6) is 0. The average Bonchev–Trinajstić information content (AvgIpc) is 2.45. The summed E-state index contributed by atoms with van der Waals surface area (Å²) in [4.78, 5) is 0. The van der Waals surface area contributed by atoms with Gasteiger partial charge >= 0.3 is 0 Å². The summed E-state index contributed by atoms with van der Waals surface area (Å²) in [6.07, 6.45) is -0.205. The zero-order valence-corrected chi connectivity index (χ0v) is 13.1. The van der Waals surface area contributed by atoms with Gasteiger partial charge < -0.3 is 9.84 Å². The first-order chi connectivity index (χ1) is 9.90. The van der Waals surface area contributed by atoms with Gasteiger partial charge in [-0.25, -0.2) is 0 Å². The lowest BCUT2D eigenvalue weighted by atomic mass is 10.1. The lowest BCUT2D eigenvalue weighted by molar-refractivity contribution is -0.0444. The number of nitrogens with one attached hydrogen (secondary N) is 1. The number of hydrogen-bond acceptors (Lipinski definition) is 4. The number of aliphatic hydroxyl groups excluding tert-OH is 1. The van der Waals surface area contributed by atoms with Crippen LogP contribution in [0, 0.1) is 0 Å². The molecule has 1 aromatic carbocycles. The van der Waals surface area contributed by atoms with E-state index in [-0.39, 0.29) is 25.4 Å². The van der Waals surface area contributed by atoms with Gasteiger partial charge in [0.05, 0.1) is 18.8 Å². The molecule has 0 aliphatic carbocycles.